The number of amides is 2. The minimum atomic E-state index is -3.76. The van der Waals surface area contributed by atoms with E-state index in [9.17, 15) is 18.0 Å². The minimum absolute atomic E-state index is 0.113. The van der Waals surface area contributed by atoms with Gasteiger partial charge >= 0.3 is 0 Å². The molecule has 4 rings (SSSR count). The van der Waals surface area contributed by atoms with Gasteiger partial charge in [-0.05, 0) is 37.1 Å². The smallest absolute Gasteiger partial charge is 0.245 e. The predicted octanol–water partition coefficient (Wildman–Crippen LogP) is 2.95. The Bertz CT molecular complexity index is 1350. The summed E-state index contributed by atoms with van der Waals surface area (Å²) in [6.07, 6.45) is 1.78. The zero-order valence-electron chi connectivity index (χ0n) is 20.2. The highest BCUT2D eigenvalue weighted by Crippen LogP contribution is 2.26. The number of nitrogens with zero attached hydrogens (tertiary/aromatic N) is 3. The fraction of sp³-hybridized carbons (Fsp3) is 0.346. The lowest BCUT2D eigenvalue weighted by Crippen LogP contribution is -2.51. The van der Waals surface area contributed by atoms with E-state index in [1.807, 2.05) is 50.2 Å². The molecule has 1 unspecified atom stereocenters. The van der Waals surface area contributed by atoms with Crippen LogP contribution in [0.15, 0.2) is 59.6 Å². The van der Waals surface area contributed by atoms with Gasteiger partial charge in [0.1, 0.15) is 4.90 Å². The van der Waals surface area contributed by atoms with Crippen LogP contribution in [0.5, 0.6) is 0 Å². The Balaban J connectivity index is 1.45. The van der Waals surface area contributed by atoms with E-state index in [0.29, 0.717) is 5.52 Å². The first-order valence-corrected chi connectivity index (χ1v) is 13.1. The van der Waals surface area contributed by atoms with E-state index >= 15 is 0 Å². The first-order valence-electron chi connectivity index (χ1n) is 11.6. The quantitative estimate of drug-likeness (QED) is 0.568. The molecule has 8 nitrogen and oxygen atoms in total. The van der Waals surface area contributed by atoms with Crippen molar-refractivity contribution in [2.24, 2.45) is 0 Å². The Morgan fingerprint density at radius 3 is 2.34 bits per heavy atom. The van der Waals surface area contributed by atoms with Gasteiger partial charge in [-0.2, -0.15) is 4.31 Å². The molecule has 1 atom stereocenters. The number of aryl methyl sites for hydroxylation is 2. The Morgan fingerprint density at radius 1 is 1.00 bits per heavy atom. The third kappa shape index (κ3) is 5.52. The molecule has 1 aliphatic heterocycles. The second kappa shape index (κ2) is 10.1. The van der Waals surface area contributed by atoms with Crippen LogP contribution in [0.25, 0.3) is 10.9 Å². The number of para-hydroxylation sites is 1. The largest absolute Gasteiger partial charge is 0.349 e. The van der Waals surface area contributed by atoms with Gasteiger partial charge in [0.2, 0.25) is 21.8 Å². The van der Waals surface area contributed by atoms with Gasteiger partial charge in [-0.25, -0.2) is 8.42 Å². The van der Waals surface area contributed by atoms with Crippen molar-refractivity contribution in [1.82, 2.24) is 19.5 Å². The number of hydrogen-bond donors (Lipinski definition) is 1. The summed E-state index contributed by atoms with van der Waals surface area (Å²) in [5.41, 5.74) is 3.37. The van der Waals surface area contributed by atoms with E-state index in [-0.39, 0.29) is 49.3 Å². The summed E-state index contributed by atoms with van der Waals surface area (Å²) in [4.78, 5) is 31.0. The molecule has 0 radical (unpaired) electrons. The molecule has 0 saturated carbocycles. The topological polar surface area (TPSA) is 99.7 Å². The molecule has 2 amide bonds. The van der Waals surface area contributed by atoms with Gasteiger partial charge in [0, 0.05) is 44.7 Å². The van der Waals surface area contributed by atoms with Gasteiger partial charge < -0.3 is 10.2 Å². The second-order valence-electron chi connectivity index (χ2n) is 8.99. The van der Waals surface area contributed by atoms with Crippen LogP contribution in [0.1, 0.15) is 36.1 Å². The number of nitrogens with one attached hydrogen (secondary N) is 1. The third-order valence-corrected chi connectivity index (χ3v) is 8.19. The molecule has 1 fully saturated rings. The number of benzene rings is 2. The molecule has 184 valence electrons. The zero-order valence-corrected chi connectivity index (χ0v) is 21.0. The molecule has 35 heavy (non-hydrogen) atoms. The molecule has 0 bridgehead atoms. The summed E-state index contributed by atoms with van der Waals surface area (Å²) >= 11 is 0. The molecular weight excluding hydrogens is 464 g/mol. The highest BCUT2D eigenvalue weighted by atomic mass is 32.2. The molecule has 9 heteroatoms. The van der Waals surface area contributed by atoms with E-state index in [0.717, 1.165) is 22.1 Å². The minimum Gasteiger partial charge on any atom is -0.349 e. The van der Waals surface area contributed by atoms with Gasteiger partial charge in [-0.15, -0.1) is 0 Å². The zero-order chi connectivity index (χ0) is 25.2. The van der Waals surface area contributed by atoms with Crippen LogP contribution < -0.4 is 5.32 Å². The lowest BCUT2D eigenvalue weighted by Gasteiger charge is -2.35. The molecule has 1 aliphatic rings. The van der Waals surface area contributed by atoms with Crippen LogP contribution >= 0.6 is 0 Å². The summed E-state index contributed by atoms with van der Waals surface area (Å²) in [5.74, 6) is -0.332. The Hall–Kier alpha value is -3.30. The van der Waals surface area contributed by atoms with Crippen LogP contribution in [0, 0.1) is 13.8 Å². The van der Waals surface area contributed by atoms with Crippen molar-refractivity contribution in [3.8, 4) is 0 Å². The summed E-state index contributed by atoms with van der Waals surface area (Å²) in [6.45, 7) is 6.30. The van der Waals surface area contributed by atoms with Crippen molar-refractivity contribution >= 4 is 32.7 Å². The molecule has 0 aliphatic carbocycles. The Kier molecular flexibility index (Phi) is 7.18. The Labute approximate surface area is 206 Å². The summed E-state index contributed by atoms with van der Waals surface area (Å²) in [7, 11) is -3.76. The number of fused-ring (bicyclic) bond motifs is 1. The molecule has 2 heterocycles. The average Bonchev–Trinajstić information content (AvgIpc) is 2.83. The number of pyridine rings is 1. The van der Waals surface area contributed by atoms with Crippen molar-refractivity contribution in [3.05, 3.63) is 71.4 Å². The number of rotatable bonds is 6. The molecular formula is C26H30N4O4S. The van der Waals surface area contributed by atoms with E-state index in [1.54, 1.807) is 23.2 Å². The fourth-order valence-corrected chi connectivity index (χ4v) is 5.96. The number of carbonyl (C=O) groups is 2. The Morgan fingerprint density at radius 2 is 1.69 bits per heavy atom. The second-order valence-corrected chi connectivity index (χ2v) is 10.9. The van der Waals surface area contributed by atoms with Crippen LogP contribution in [0.2, 0.25) is 0 Å². The van der Waals surface area contributed by atoms with E-state index in [2.05, 4.69) is 10.3 Å². The number of carbonyl (C=O) groups excluding carboxylic acids is 2. The summed E-state index contributed by atoms with van der Waals surface area (Å²) in [5, 5.41) is 3.64. The maximum Gasteiger partial charge on any atom is 0.245 e. The number of hydrogen-bond acceptors (Lipinski definition) is 5. The highest BCUT2D eigenvalue weighted by Gasteiger charge is 2.32. The number of aromatic nitrogens is 1. The van der Waals surface area contributed by atoms with Crippen LogP contribution in [-0.4, -0.2) is 60.6 Å². The first-order chi connectivity index (χ1) is 16.6. The van der Waals surface area contributed by atoms with E-state index in [1.165, 1.54) is 11.2 Å². The molecule has 2 aromatic carbocycles. The van der Waals surface area contributed by atoms with Gasteiger partial charge in [0.05, 0.1) is 18.0 Å². The van der Waals surface area contributed by atoms with Gasteiger partial charge in [0.15, 0.2) is 0 Å². The SMILES string of the molecule is CC(=O)NC(CC(=O)N1CCN(S(=O)(=O)c2cccc3cc(C)cnc23)CC1)c1ccc(C)cc1. The lowest BCUT2D eigenvalue weighted by molar-refractivity contribution is -0.133. The molecule has 3 aromatic rings. The standard InChI is InChI=1S/C26H30N4O4S/c1-18-7-9-21(10-8-18)23(28-20(3)31)16-25(32)29-11-13-30(14-12-29)35(33,34)24-6-4-5-22-15-19(2)17-27-26(22)24/h4-10,15,17,23H,11-14,16H2,1-3H3,(H,28,31). The van der Waals surface area contributed by atoms with Crippen LogP contribution in [-0.2, 0) is 19.6 Å². The summed E-state index contributed by atoms with van der Waals surface area (Å²) < 4.78 is 28.2. The monoisotopic (exact) mass is 494 g/mol. The van der Waals surface area contributed by atoms with E-state index in [4.69, 9.17) is 0 Å². The van der Waals surface area contributed by atoms with Crippen molar-refractivity contribution < 1.29 is 18.0 Å². The van der Waals surface area contributed by atoms with Gasteiger partial charge in [0.25, 0.3) is 0 Å². The number of piperazine rings is 1. The molecule has 0 spiro atoms. The first kappa shape index (κ1) is 24.8. The predicted molar refractivity (Wildman–Crippen MR) is 134 cm³/mol. The maximum absolute atomic E-state index is 13.4. The van der Waals surface area contributed by atoms with Crippen molar-refractivity contribution in [1.29, 1.82) is 0 Å². The molecule has 1 aromatic heterocycles. The van der Waals surface area contributed by atoms with Gasteiger partial charge in [-0.1, -0.05) is 42.0 Å². The molecule has 1 N–H and O–H groups in total. The van der Waals surface area contributed by atoms with E-state index < -0.39 is 16.1 Å². The summed E-state index contributed by atoms with van der Waals surface area (Å²) in [6, 6.07) is 14.3. The maximum atomic E-state index is 13.4. The normalized spacial score (nSPS) is 15.7. The van der Waals surface area contributed by atoms with Gasteiger partial charge in [-0.3, -0.25) is 14.6 Å². The number of sulfonamides is 1. The van der Waals surface area contributed by atoms with Crippen LogP contribution in [0.3, 0.4) is 0 Å². The fourth-order valence-electron chi connectivity index (χ4n) is 4.37. The molecule has 1 saturated heterocycles. The van der Waals surface area contributed by atoms with Crippen molar-refractivity contribution in [3.63, 3.8) is 0 Å². The van der Waals surface area contributed by atoms with Crippen molar-refractivity contribution in [2.75, 3.05) is 26.2 Å². The van der Waals surface area contributed by atoms with Crippen LogP contribution in [0.4, 0.5) is 0 Å². The van der Waals surface area contributed by atoms with Crippen molar-refractivity contribution in [2.45, 2.75) is 38.1 Å². The average molecular weight is 495 g/mol. The highest BCUT2D eigenvalue weighted by molar-refractivity contribution is 7.89. The lowest BCUT2D eigenvalue weighted by atomic mass is 10.0. The third-order valence-electron chi connectivity index (χ3n) is 6.26.